The molecule has 3 aromatic rings. The first-order valence-electron chi connectivity index (χ1n) is 6.72. The molecule has 106 valence electrons. The minimum atomic E-state index is -0.251. The molecular formula is C15H15N5O. The SMILES string of the molecule is CCc1cc(C(=O)Nc2cnn(-c3ccccc3)c2)n[nH]1. The molecule has 0 aliphatic rings. The zero-order valence-corrected chi connectivity index (χ0v) is 11.6. The van der Waals surface area contributed by atoms with Gasteiger partial charge in [0.15, 0.2) is 5.69 Å². The fourth-order valence-corrected chi connectivity index (χ4v) is 1.96. The molecule has 0 atom stereocenters. The summed E-state index contributed by atoms with van der Waals surface area (Å²) in [7, 11) is 0. The Hall–Kier alpha value is -2.89. The molecule has 1 amide bonds. The monoisotopic (exact) mass is 281 g/mol. The lowest BCUT2D eigenvalue weighted by Gasteiger charge is -2.00. The highest BCUT2D eigenvalue weighted by Gasteiger charge is 2.11. The van der Waals surface area contributed by atoms with E-state index in [1.165, 1.54) is 0 Å². The molecule has 0 saturated heterocycles. The van der Waals surface area contributed by atoms with Gasteiger partial charge in [-0.3, -0.25) is 9.89 Å². The van der Waals surface area contributed by atoms with E-state index >= 15 is 0 Å². The van der Waals surface area contributed by atoms with Crippen molar-refractivity contribution in [2.24, 2.45) is 0 Å². The standard InChI is InChI=1S/C15H15N5O/c1-2-11-8-14(19-18-11)15(21)17-12-9-16-20(10-12)13-6-4-3-5-7-13/h3-10H,2H2,1H3,(H,17,21)(H,18,19). The summed E-state index contributed by atoms with van der Waals surface area (Å²) in [6, 6.07) is 11.5. The van der Waals surface area contributed by atoms with Gasteiger partial charge in [-0.2, -0.15) is 10.2 Å². The molecule has 21 heavy (non-hydrogen) atoms. The molecule has 0 bridgehead atoms. The van der Waals surface area contributed by atoms with Crippen molar-refractivity contribution in [1.29, 1.82) is 0 Å². The van der Waals surface area contributed by atoms with E-state index in [1.807, 2.05) is 37.3 Å². The lowest BCUT2D eigenvalue weighted by molar-refractivity contribution is 0.102. The number of carbonyl (C=O) groups excluding carboxylic acids is 1. The van der Waals surface area contributed by atoms with Crippen LogP contribution in [0.5, 0.6) is 0 Å². The molecule has 6 heteroatoms. The largest absolute Gasteiger partial charge is 0.318 e. The smallest absolute Gasteiger partial charge is 0.276 e. The average Bonchev–Trinajstić information content (AvgIpc) is 3.17. The number of carbonyl (C=O) groups is 1. The number of H-pyrrole nitrogens is 1. The quantitative estimate of drug-likeness (QED) is 0.771. The molecule has 0 radical (unpaired) electrons. The van der Waals surface area contributed by atoms with Gasteiger partial charge in [0.05, 0.1) is 23.8 Å². The number of nitrogens with zero attached hydrogens (tertiary/aromatic N) is 3. The Balaban J connectivity index is 1.74. The molecule has 2 aromatic heterocycles. The fraction of sp³-hybridized carbons (Fsp3) is 0.133. The number of aromatic amines is 1. The highest BCUT2D eigenvalue weighted by molar-refractivity contribution is 6.02. The van der Waals surface area contributed by atoms with Crippen LogP contribution in [0, 0.1) is 0 Å². The van der Waals surface area contributed by atoms with Crippen LogP contribution < -0.4 is 5.32 Å². The predicted octanol–water partition coefficient (Wildman–Crippen LogP) is 2.41. The molecular weight excluding hydrogens is 266 g/mol. The molecule has 0 fully saturated rings. The van der Waals surface area contributed by atoms with E-state index in [-0.39, 0.29) is 5.91 Å². The Bertz CT molecular complexity index is 744. The zero-order chi connectivity index (χ0) is 14.7. The van der Waals surface area contributed by atoms with Crippen molar-refractivity contribution in [3.8, 4) is 5.69 Å². The zero-order valence-electron chi connectivity index (χ0n) is 11.6. The number of hydrogen-bond acceptors (Lipinski definition) is 3. The Morgan fingerprint density at radius 3 is 2.86 bits per heavy atom. The van der Waals surface area contributed by atoms with E-state index in [0.29, 0.717) is 11.4 Å². The fourth-order valence-electron chi connectivity index (χ4n) is 1.96. The predicted molar refractivity (Wildman–Crippen MR) is 79.5 cm³/mol. The molecule has 0 aliphatic carbocycles. The van der Waals surface area contributed by atoms with Gasteiger partial charge < -0.3 is 5.32 Å². The summed E-state index contributed by atoms with van der Waals surface area (Å²) in [4.78, 5) is 12.1. The van der Waals surface area contributed by atoms with Crippen LogP contribution in [0.4, 0.5) is 5.69 Å². The Morgan fingerprint density at radius 1 is 1.33 bits per heavy atom. The van der Waals surface area contributed by atoms with Gasteiger partial charge in [0, 0.05) is 5.69 Å². The number of amides is 1. The minimum Gasteiger partial charge on any atom is -0.318 e. The Labute approximate surface area is 121 Å². The minimum absolute atomic E-state index is 0.251. The summed E-state index contributed by atoms with van der Waals surface area (Å²) in [5.41, 5.74) is 2.87. The van der Waals surface area contributed by atoms with Crippen LogP contribution in [0.2, 0.25) is 0 Å². The van der Waals surface area contributed by atoms with Crippen LogP contribution in [0.15, 0.2) is 48.8 Å². The van der Waals surface area contributed by atoms with Crippen molar-refractivity contribution in [2.75, 3.05) is 5.32 Å². The highest BCUT2D eigenvalue weighted by Crippen LogP contribution is 2.12. The molecule has 0 aliphatic heterocycles. The van der Waals surface area contributed by atoms with Crippen molar-refractivity contribution in [2.45, 2.75) is 13.3 Å². The topological polar surface area (TPSA) is 75.6 Å². The molecule has 0 spiro atoms. The third-order valence-electron chi connectivity index (χ3n) is 3.11. The van der Waals surface area contributed by atoms with E-state index in [2.05, 4.69) is 20.6 Å². The summed E-state index contributed by atoms with van der Waals surface area (Å²) < 4.78 is 1.71. The normalized spacial score (nSPS) is 10.5. The second-order valence-corrected chi connectivity index (χ2v) is 4.60. The molecule has 2 heterocycles. The van der Waals surface area contributed by atoms with Gasteiger partial charge in [0.2, 0.25) is 0 Å². The van der Waals surface area contributed by atoms with E-state index in [0.717, 1.165) is 17.8 Å². The second kappa shape index (κ2) is 5.62. The molecule has 2 N–H and O–H groups in total. The van der Waals surface area contributed by atoms with Crippen LogP contribution in [-0.4, -0.2) is 25.9 Å². The lowest BCUT2D eigenvalue weighted by Crippen LogP contribution is -2.11. The number of aryl methyl sites for hydroxylation is 1. The average molecular weight is 281 g/mol. The van der Waals surface area contributed by atoms with Crippen molar-refractivity contribution in [3.05, 3.63) is 60.2 Å². The van der Waals surface area contributed by atoms with Gasteiger partial charge in [0.1, 0.15) is 0 Å². The van der Waals surface area contributed by atoms with Gasteiger partial charge in [-0.05, 0) is 24.6 Å². The maximum absolute atomic E-state index is 12.1. The molecule has 3 rings (SSSR count). The van der Waals surface area contributed by atoms with Crippen molar-refractivity contribution in [1.82, 2.24) is 20.0 Å². The third kappa shape index (κ3) is 2.84. The van der Waals surface area contributed by atoms with Gasteiger partial charge in [-0.15, -0.1) is 0 Å². The Morgan fingerprint density at radius 2 is 2.14 bits per heavy atom. The summed E-state index contributed by atoms with van der Waals surface area (Å²) in [6.07, 6.45) is 4.19. The van der Waals surface area contributed by atoms with E-state index in [9.17, 15) is 4.79 Å². The maximum atomic E-state index is 12.1. The second-order valence-electron chi connectivity index (χ2n) is 4.60. The number of nitrogens with one attached hydrogen (secondary N) is 2. The number of hydrogen-bond donors (Lipinski definition) is 2. The lowest BCUT2D eigenvalue weighted by atomic mass is 10.3. The Kier molecular flexibility index (Phi) is 3.51. The third-order valence-corrected chi connectivity index (χ3v) is 3.11. The summed E-state index contributed by atoms with van der Waals surface area (Å²) in [5, 5.41) is 13.8. The number of rotatable bonds is 4. The highest BCUT2D eigenvalue weighted by atomic mass is 16.1. The first-order valence-corrected chi connectivity index (χ1v) is 6.72. The molecule has 0 unspecified atom stereocenters. The summed E-state index contributed by atoms with van der Waals surface area (Å²) >= 11 is 0. The van der Waals surface area contributed by atoms with Crippen LogP contribution in [0.25, 0.3) is 5.69 Å². The number of aromatic nitrogens is 4. The van der Waals surface area contributed by atoms with Gasteiger partial charge in [0.25, 0.3) is 5.91 Å². The molecule has 0 saturated carbocycles. The van der Waals surface area contributed by atoms with Crippen LogP contribution in [0.1, 0.15) is 23.1 Å². The maximum Gasteiger partial charge on any atom is 0.276 e. The van der Waals surface area contributed by atoms with Crippen molar-refractivity contribution in [3.63, 3.8) is 0 Å². The van der Waals surface area contributed by atoms with Crippen LogP contribution in [-0.2, 0) is 6.42 Å². The van der Waals surface area contributed by atoms with Crippen LogP contribution in [0.3, 0.4) is 0 Å². The van der Waals surface area contributed by atoms with Gasteiger partial charge in [-0.25, -0.2) is 4.68 Å². The van der Waals surface area contributed by atoms with Gasteiger partial charge >= 0.3 is 0 Å². The molecule has 1 aromatic carbocycles. The summed E-state index contributed by atoms with van der Waals surface area (Å²) in [6.45, 7) is 2.00. The first kappa shape index (κ1) is 13.1. The molecule has 6 nitrogen and oxygen atoms in total. The number of para-hydroxylation sites is 1. The van der Waals surface area contributed by atoms with Crippen LogP contribution >= 0.6 is 0 Å². The number of benzene rings is 1. The van der Waals surface area contributed by atoms with E-state index < -0.39 is 0 Å². The summed E-state index contributed by atoms with van der Waals surface area (Å²) in [5.74, 6) is -0.251. The van der Waals surface area contributed by atoms with Gasteiger partial charge in [-0.1, -0.05) is 25.1 Å². The van der Waals surface area contributed by atoms with E-state index in [4.69, 9.17) is 0 Å². The van der Waals surface area contributed by atoms with Crippen molar-refractivity contribution >= 4 is 11.6 Å². The first-order chi connectivity index (χ1) is 10.3. The van der Waals surface area contributed by atoms with Crippen molar-refractivity contribution < 1.29 is 4.79 Å². The number of anilines is 1. The van der Waals surface area contributed by atoms with E-state index in [1.54, 1.807) is 23.1 Å².